The average Bonchev–Trinajstić information content (AvgIpc) is 3.04. The molecule has 0 aliphatic carbocycles. The molecule has 21 heavy (non-hydrogen) atoms. The molecule has 0 unspecified atom stereocenters. The van der Waals surface area contributed by atoms with Crippen LogP contribution in [0.2, 0.25) is 0 Å². The van der Waals surface area contributed by atoms with Crippen LogP contribution in [-0.4, -0.2) is 57.4 Å². The Morgan fingerprint density at radius 1 is 1.52 bits per heavy atom. The summed E-state index contributed by atoms with van der Waals surface area (Å²) in [6.07, 6.45) is 1.57. The van der Waals surface area contributed by atoms with E-state index in [0.717, 1.165) is 38.2 Å². The van der Waals surface area contributed by atoms with Gasteiger partial charge in [-0.1, -0.05) is 0 Å². The largest absolute Gasteiger partial charge is 0.481 e. The van der Waals surface area contributed by atoms with Gasteiger partial charge in [-0.25, -0.2) is 4.98 Å². The predicted molar refractivity (Wildman–Crippen MR) is 77.9 cm³/mol. The summed E-state index contributed by atoms with van der Waals surface area (Å²) in [4.78, 5) is 31.7. The Morgan fingerprint density at radius 2 is 2.24 bits per heavy atom. The lowest BCUT2D eigenvalue weighted by atomic mass is 9.77. The Morgan fingerprint density at radius 3 is 2.81 bits per heavy atom. The van der Waals surface area contributed by atoms with E-state index in [0.29, 0.717) is 0 Å². The van der Waals surface area contributed by atoms with Crippen molar-refractivity contribution >= 4 is 23.2 Å². The highest BCUT2D eigenvalue weighted by atomic mass is 32.1. The van der Waals surface area contributed by atoms with Gasteiger partial charge in [0, 0.05) is 38.5 Å². The van der Waals surface area contributed by atoms with Crippen molar-refractivity contribution in [2.45, 2.75) is 31.3 Å². The number of hydrogen-bond donors (Lipinski definition) is 1. The standard InChI is InChI=1S/C14H19N3O3S/c1-16-12(18)6-11(13(19)20)14(16)2-4-17(5-3-14)7-10-8-21-9-15-10/h8-9,11H,2-7H2,1H3,(H,19,20)/t11-/m0/s1. The second kappa shape index (κ2) is 5.38. The molecule has 1 spiro atoms. The number of aliphatic carboxylic acids is 1. The molecule has 0 saturated carbocycles. The van der Waals surface area contributed by atoms with Crippen molar-refractivity contribution in [2.24, 2.45) is 5.92 Å². The summed E-state index contributed by atoms with van der Waals surface area (Å²) in [6, 6.07) is 0. The normalized spacial score (nSPS) is 25.7. The number of amides is 1. The molecule has 2 aliphatic heterocycles. The monoisotopic (exact) mass is 309 g/mol. The van der Waals surface area contributed by atoms with Crippen LogP contribution in [0.1, 0.15) is 25.0 Å². The average molecular weight is 309 g/mol. The molecule has 2 aliphatic rings. The third-order valence-corrected chi connectivity index (χ3v) is 5.59. The summed E-state index contributed by atoms with van der Waals surface area (Å²) >= 11 is 1.58. The molecular weight excluding hydrogens is 290 g/mol. The van der Waals surface area contributed by atoms with Gasteiger partial charge in [0.05, 0.1) is 22.7 Å². The first-order chi connectivity index (χ1) is 10.0. The van der Waals surface area contributed by atoms with Crippen LogP contribution in [-0.2, 0) is 16.1 Å². The van der Waals surface area contributed by atoms with Gasteiger partial charge in [0.15, 0.2) is 0 Å². The fourth-order valence-electron chi connectivity index (χ4n) is 3.63. The number of piperidine rings is 1. The predicted octanol–water partition coefficient (Wildman–Crippen LogP) is 1.04. The van der Waals surface area contributed by atoms with Crippen molar-refractivity contribution in [2.75, 3.05) is 20.1 Å². The molecule has 2 saturated heterocycles. The number of hydrogen-bond acceptors (Lipinski definition) is 5. The summed E-state index contributed by atoms with van der Waals surface area (Å²) in [5.74, 6) is -1.47. The molecule has 1 aromatic heterocycles. The number of aromatic nitrogens is 1. The minimum Gasteiger partial charge on any atom is -0.481 e. The molecule has 1 aromatic rings. The highest BCUT2D eigenvalue weighted by Gasteiger charge is 2.55. The Balaban J connectivity index is 1.70. The van der Waals surface area contributed by atoms with Crippen LogP contribution >= 0.6 is 11.3 Å². The maximum Gasteiger partial charge on any atom is 0.309 e. The van der Waals surface area contributed by atoms with E-state index in [9.17, 15) is 14.7 Å². The molecule has 1 amide bonds. The number of thiazole rings is 1. The Bertz CT molecular complexity index is 538. The van der Waals surface area contributed by atoms with E-state index in [2.05, 4.69) is 9.88 Å². The van der Waals surface area contributed by atoms with Crippen LogP contribution < -0.4 is 0 Å². The molecule has 6 nitrogen and oxygen atoms in total. The minimum absolute atomic E-state index is 0.0460. The summed E-state index contributed by atoms with van der Waals surface area (Å²) in [5, 5.41) is 11.5. The van der Waals surface area contributed by atoms with Gasteiger partial charge >= 0.3 is 5.97 Å². The fourth-order valence-corrected chi connectivity index (χ4v) is 4.18. The molecule has 7 heteroatoms. The van der Waals surface area contributed by atoms with E-state index in [4.69, 9.17) is 0 Å². The van der Waals surface area contributed by atoms with Crippen molar-refractivity contribution in [1.82, 2.24) is 14.8 Å². The van der Waals surface area contributed by atoms with Gasteiger partial charge in [0.25, 0.3) is 0 Å². The van der Waals surface area contributed by atoms with Crippen molar-refractivity contribution in [3.63, 3.8) is 0 Å². The summed E-state index contributed by atoms with van der Waals surface area (Å²) < 4.78 is 0. The van der Waals surface area contributed by atoms with Gasteiger partial charge in [-0.3, -0.25) is 14.5 Å². The molecule has 114 valence electrons. The van der Waals surface area contributed by atoms with Gasteiger partial charge in [0.1, 0.15) is 0 Å². The lowest BCUT2D eigenvalue weighted by Crippen LogP contribution is -2.55. The number of rotatable bonds is 3. The van der Waals surface area contributed by atoms with Crippen LogP contribution in [0.25, 0.3) is 0 Å². The number of carboxylic acid groups (broad SMARTS) is 1. The SMILES string of the molecule is CN1C(=O)C[C@@H](C(=O)O)C12CCN(Cc1cscn1)CC2. The van der Waals surface area contributed by atoms with E-state index in [1.54, 1.807) is 23.3 Å². The second-order valence-corrected chi connectivity index (χ2v) is 6.63. The summed E-state index contributed by atoms with van der Waals surface area (Å²) in [5.41, 5.74) is 2.38. The van der Waals surface area contributed by atoms with Gasteiger partial charge in [0.2, 0.25) is 5.91 Å². The smallest absolute Gasteiger partial charge is 0.309 e. The van der Waals surface area contributed by atoms with Crippen LogP contribution in [0.3, 0.4) is 0 Å². The van der Waals surface area contributed by atoms with E-state index in [1.807, 2.05) is 10.9 Å². The van der Waals surface area contributed by atoms with E-state index in [-0.39, 0.29) is 12.3 Å². The third-order valence-electron chi connectivity index (χ3n) is 4.96. The van der Waals surface area contributed by atoms with E-state index < -0.39 is 17.4 Å². The van der Waals surface area contributed by atoms with E-state index in [1.165, 1.54) is 0 Å². The maximum atomic E-state index is 11.9. The number of carbonyl (C=O) groups excluding carboxylic acids is 1. The molecular formula is C14H19N3O3S. The second-order valence-electron chi connectivity index (χ2n) is 5.91. The van der Waals surface area contributed by atoms with Crippen molar-refractivity contribution in [1.29, 1.82) is 0 Å². The highest BCUT2D eigenvalue weighted by molar-refractivity contribution is 7.07. The van der Waals surface area contributed by atoms with Gasteiger partial charge in [-0.05, 0) is 12.8 Å². The van der Waals surface area contributed by atoms with Crippen molar-refractivity contribution < 1.29 is 14.7 Å². The first-order valence-electron chi connectivity index (χ1n) is 7.12. The number of carbonyl (C=O) groups is 2. The quantitative estimate of drug-likeness (QED) is 0.903. The maximum absolute atomic E-state index is 11.9. The van der Waals surface area contributed by atoms with Crippen molar-refractivity contribution in [3.05, 3.63) is 16.6 Å². The topological polar surface area (TPSA) is 73.7 Å². The van der Waals surface area contributed by atoms with Gasteiger partial charge in [-0.15, -0.1) is 11.3 Å². The highest BCUT2D eigenvalue weighted by Crippen LogP contribution is 2.42. The van der Waals surface area contributed by atoms with Gasteiger partial charge in [-0.2, -0.15) is 0 Å². The molecule has 0 bridgehead atoms. The zero-order valence-corrected chi connectivity index (χ0v) is 12.8. The third kappa shape index (κ3) is 2.44. The molecule has 3 rings (SSSR count). The van der Waals surface area contributed by atoms with Crippen molar-refractivity contribution in [3.8, 4) is 0 Å². The molecule has 1 atom stereocenters. The molecule has 2 fully saturated rings. The molecule has 0 aromatic carbocycles. The zero-order valence-electron chi connectivity index (χ0n) is 12.0. The Labute approximate surface area is 127 Å². The number of nitrogens with zero attached hydrogens (tertiary/aromatic N) is 3. The van der Waals surface area contributed by atoms with Crippen LogP contribution in [0.4, 0.5) is 0 Å². The fraction of sp³-hybridized carbons (Fsp3) is 0.643. The summed E-state index contributed by atoms with van der Waals surface area (Å²) in [6.45, 7) is 2.41. The first kappa shape index (κ1) is 14.5. The van der Waals surface area contributed by atoms with Crippen LogP contribution in [0, 0.1) is 5.92 Å². The van der Waals surface area contributed by atoms with E-state index >= 15 is 0 Å². The molecule has 3 heterocycles. The number of carboxylic acids is 1. The minimum atomic E-state index is -0.847. The van der Waals surface area contributed by atoms with Crippen LogP contribution in [0.5, 0.6) is 0 Å². The zero-order chi connectivity index (χ0) is 15.0. The van der Waals surface area contributed by atoms with Crippen LogP contribution in [0.15, 0.2) is 10.9 Å². The Kier molecular flexibility index (Phi) is 3.71. The summed E-state index contributed by atoms with van der Waals surface area (Å²) in [7, 11) is 1.75. The lowest BCUT2D eigenvalue weighted by molar-refractivity contribution is -0.146. The van der Waals surface area contributed by atoms with Gasteiger partial charge < -0.3 is 10.0 Å². The lowest BCUT2D eigenvalue weighted by Gasteiger charge is -2.45. The first-order valence-corrected chi connectivity index (χ1v) is 8.06. The number of likely N-dealkylation sites (tertiary alicyclic amines) is 2. The Hall–Kier alpha value is -1.47. The molecule has 0 radical (unpaired) electrons. The molecule has 1 N–H and O–H groups in total.